The van der Waals surface area contributed by atoms with E-state index in [1.54, 1.807) is 0 Å². The normalized spacial score (nSPS) is 29.6. The average molecular weight is 196 g/mol. The highest BCUT2D eigenvalue weighted by Gasteiger charge is 2.27. The maximum atomic E-state index is 2.48. The minimum atomic E-state index is 1.04. The molecule has 0 atom stereocenters. The molecule has 0 radical (unpaired) electrons. The van der Waals surface area contributed by atoms with Gasteiger partial charge in [0.1, 0.15) is 0 Å². The molecular formula is C12H24N2. The third-order valence-electron chi connectivity index (χ3n) is 4.19. The van der Waals surface area contributed by atoms with Crippen LogP contribution in [0.25, 0.3) is 0 Å². The van der Waals surface area contributed by atoms with E-state index in [4.69, 9.17) is 0 Å². The Morgan fingerprint density at radius 3 is 1.21 bits per heavy atom. The van der Waals surface area contributed by atoms with Crippen molar-refractivity contribution in [2.75, 3.05) is 40.3 Å². The zero-order chi connectivity index (χ0) is 9.97. The molecule has 0 bridgehead atoms. The van der Waals surface area contributed by atoms with E-state index >= 15 is 0 Å². The Morgan fingerprint density at radius 2 is 0.929 bits per heavy atom. The molecule has 0 saturated carbocycles. The van der Waals surface area contributed by atoms with Crippen LogP contribution in [0.15, 0.2) is 0 Å². The van der Waals surface area contributed by atoms with Gasteiger partial charge in [0, 0.05) is 0 Å². The first-order chi connectivity index (χ1) is 6.75. The maximum Gasteiger partial charge on any atom is -0.00190 e. The van der Waals surface area contributed by atoms with E-state index in [1.165, 1.54) is 51.9 Å². The second-order valence-electron chi connectivity index (χ2n) is 5.28. The van der Waals surface area contributed by atoms with Crippen molar-refractivity contribution >= 4 is 0 Å². The van der Waals surface area contributed by atoms with E-state index in [1.807, 2.05) is 0 Å². The van der Waals surface area contributed by atoms with Crippen molar-refractivity contribution < 1.29 is 0 Å². The SMILES string of the molecule is CN1CCC(C2CCN(C)CC2)CC1. The summed E-state index contributed by atoms with van der Waals surface area (Å²) in [6.45, 7) is 5.32. The van der Waals surface area contributed by atoms with Crippen LogP contribution in [0, 0.1) is 11.8 Å². The largest absolute Gasteiger partial charge is 0.306 e. The highest BCUT2D eigenvalue weighted by molar-refractivity contribution is 4.80. The van der Waals surface area contributed by atoms with Gasteiger partial charge in [0.15, 0.2) is 0 Å². The van der Waals surface area contributed by atoms with Crippen molar-refractivity contribution in [1.82, 2.24) is 9.80 Å². The molecule has 2 aliphatic rings. The Hall–Kier alpha value is -0.0800. The molecule has 2 saturated heterocycles. The number of hydrogen-bond acceptors (Lipinski definition) is 2. The molecule has 14 heavy (non-hydrogen) atoms. The van der Waals surface area contributed by atoms with E-state index in [0.29, 0.717) is 0 Å². The Labute approximate surface area is 88.3 Å². The quantitative estimate of drug-likeness (QED) is 0.629. The first-order valence-electron chi connectivity index (χ1n) is 6.13. The van der Waals surface area contributed by atoms with E-state index in [9.17, 15) is 0 Å². The highest BCUT2D eigenvalue weighted by Crippen LogP contribution is 2.31. The van der Waals surface area contributed by atoms with Gasteiger partial charge in [-0.2, -0.15) is 0 Å². The fourth-order valence-electron chi connectivity index (χ4n) is 3.00. The number of rotatable bonds is 1. The van der Waals surface area contributed by atoms with Crippen LogP contribution in [-0.2, 0) is 0 Å². The van der Waals surface area contributed by atoms with E-state index in [-0.39, 0.29) is 0 Å². The minimum absolute atomic E-state index is 1.04. The maximum absolute atomic E-state index is 2.48. The van der Waals surface area contributed by atoms with Gasteiger partial charge in [0.05, 0.1) is 0 Å². The highest BCUT2D eigenvalue weighted by atomic mass is 15.1. The van der Waals surface area contributed by atoms with Gasteiger partial charge in [-0.1, -0.05) is 0 Å². The van der Waals surface area contributed by atoms with Crippen LogP contribution in [0.4, 0.5) is 0 Å². The Kier molecular flexibility index (Phi) is 3.45. The molecule has 0 aromatic rings. The number of piperidine rings is 2. The topological polar surface area (TPSA) is 6.48 Å². The van der Waals surface area contributed by atoms with Gasteiger partial charge in [-0.25, -0.2) is 0 Å². The standard InChI is InChI=1S/C12H24N2/c1-13-7-3-11(4-8-13)12-5-9-14(2)10-6-12/h11-12H,3-10H2,1-2H3. The van der Waals surface area contributed by atoms with Gasteiger partial charge < -0.3 is 9.80 Å². The van der Waals surface area contributed by atoms with Gasteiger partial charge in [-0.05, 0) is 77.8 Å². The molecule has 2 aliphatic heterocycles. The lowest BCUT2D eigenvalue weighted by molar-refractivity contribution is 0.117. The summed E-state index contributed by atoms with van der Waals surface area (Å²) in [5.41, 5.74) is 0. The van der Waals surface area contributed by atoms with Crippen LogP contribution in [0.3, 0.4) is 0 Å². The lowest BCUT2D eigenvalue weighted by Gasteiger charge is -2.38. The first-order valence-corrected chi connectivity index (χ1v) is 6.13. The molecule has 2 nitrogen and oxygen atoms in total. The first kappa shape index (κ1) is 10.4. The summed E-state index contributed by atoms with van der Waals surface area (Å²) in [5.74, 6) is 2.08. The van der Waals surface area contributed by atoms with E-state index in [0.717, 1.165) is 11.8 Å². The number of nitrogens with zero attached hydrogens (tertiary/aromatic N) is 2. The Morgan fingerprint density at radius 1 is 0.643 bits per heavy atom. The van der Waals surface area contributed by atoms with Crippen LogP contribution in [-0.4, -0.2) is 50.1 Å². The van der Waals surface area contributed by atoms with Crippen molar-refractivity contribution in [3.05, 3.63) is 0 Å². The minimum Gasteiger partial charge on any atom is -0.306 e. The van der Waals surface area contributed by atoms with E-state index < -0.39 is 0 Å². The van der Waals surface area contributed by atoms with Crippen molar-refractivity contribution in [3.8, 4) is 0 Å². The van der Waals surface area contributed by atoms with Gasteiger partial charge in [0.25, 0.3) is 0 Å². The number of hydrogen-bond donors (Lipinski definition) is 0. The van der Waals surface area contributed by atoms with Crippen LogP contribution in [0.5, 0.6) is 0 Å². The molecule has 2 fully saturated rings. The van der Waals surface area contributed by atoms with Crippen molar-refractivity contribution in [2.24, 2.45) is 11.8 Å². The third kappa shape index (κ3) is 2.48. The molecular weight excluding hydrogens is 172 g/mol. The summed E-state index contributed by atoms with van der Waals surface area (Å²) in [7, 11) is 4.51. The van der Waals surface area contributed by atoms with Crippen LogP contribution >= 0.6 is 0 Å². The predicted molar refractivity (Wildman–Crippen MR) is 60.4 cm³/mol. The summed E-state index contributed by atoms with van der Waals surface area (Å²) in [6.07, 6.45) is 5.80. The molecule has 0 unspecified atom stereocenters. The lowest BCUT2D eigenvalue weighted by atomic mass is 9.79. The molecule has 2 heterocycles. The molecule has 0 N–H and O–H groups in total. The van der Waals surface area contributed by atoms with Gasteiger partial charge >= 0.3 is 0 Å². The third-order valence-corrected chi connectivity index (χ3v) is 4.19. The number of likely N-dealkylation sites (tertiary alicyclic amines) is 2. The molecule has 0 aliphatic carbocycles. The van der Waals surface area contributed by atoms with Gasteiger partial charge in [-0.3, -0.25) is 0 Å². The molecule has 0 amide bonds. The average Bonchev–Trinajstić information content (AvgIpc) is 2.21. The fraction of sp³-hybridized carbons (Fsp3) is 1.00. The summed E-state index contributed by atoms with van der Waals surface area (Å²) in [4.78, 5) is 4.96. The van der Waals surface area contributed by atoms with Crippen molar-refractivity contribution in [2.45, 2.75) is 25.7 Å². The van der Waals surface area contributed by atoms with Crippen molar-refractivity contribution in [3.63, 3.8) is 0 Å². The lowest BCUT2D eigenvalue weighted by Crippen LogP contribution is -2.38. The summed E-state index contributed by atoms with van der Waals surface area (Å²) in [6, 6.07) is 0. The molecule has 0 aromatic carbocycles. The second kappa shape index (κ2) is 4.63. The van der Waals surface area contributed by atoms with E-state index in [2.05, 4.69) is 23.9 Å². The van der Waals surface area contributed by atoms with Gasteiger partial charge in [-0.15, -0.1) is 0 Å². The predicted octanol–water partition coefficient (Wildman–Crippen LogP) is 1.67. The zero-order valence-corrected chi connectivity index (χ0v) is 9.71. The Bertz CT molecular complexity index is 145. The van der Waals surface area contributed by atoms with Gasteiger partial charge in [0.2, 0.25) is 0 Å². The molecule has 0 spiro atoms. The second-order valence-corrected chi connectivity index (χ2v) is 5.28. The zero-order valence-electron chi connectivity index (χ0n) is 9.71. The fourth-order valence-corrected chi connectivity index (χ4v) is 3.00. The summed E-state index contributed by atoms with van der Waals surface area (Å²) >= 11 is 0. The summed E-state index contributed by atoms with van der Waals surface area (Å²) < 4.78 is 0. The molecule has 0 aromatic heterocycles. The monoisotopic (exact) mass is 196 g/mol. The van der Waals surface area contributed by atoms with Crippen molar-refractivity contribution in [1.29, 1.82) is 0 Å². The van der Waals surface area contributed by atoms with Crippen LogP contribution in [0.1, 0.15) is 25.7 Å². The Balaban J connectivity index is 1.78. The smallest absolute Gasteiger partial charge is 0.00190 e. The molecule has 2 rings (SSSR count). The molecule has 82 valence electrons. The van der Waals surface area contributed by atoms with Crippen LogP contribution in [0.2, 0.25) is 0 Å². The molecule has 2 heteroatoms. The van der Waals surface area contributed by atoms with Crippen LogP contribution < -0.4 is 0 Å². The summed E-state index contributed by atoms with van der Waals surface area (Å²) in [5, 5.41) is 0.